The highest BCUT2D eigenvalue weighted by Gasteiger charge is 2.29. The second-order valence-electron chi connectivity index (χ2n) is 4.70. The van der Waals surface area contributed by atoms with Crippen molar-refractivity contribution in [1.29, 1.82) is 0 Å². The van der Waals surface area contributed by atoms with Gasteiger partial charge in [-0.3, -0.25) is 0 Å². The van der Waals surface area contributed by atoms with Crippen LogP contribution in [0.3, 0.4) is 0 Å². The van der Waals surface area contributed by atoms with Gasteiger partial charge in [-0.05, 0) is 40.5 Å². The second-order valence-corrected chi connectivity index (χ2v) is 7.78. The summed E-state index contributed by atoms with van der Waals surface area (Å²) in [6.07, 6.45) is 0.381. The number of carbonyl (C=O) groups excluding carboxylic acids is 1. The van der Waals surface area contributed by atoms with Gasteiger partial charge < -0.3 is 15.7 Å². The lowest BCUT2D eigenvalue weighted by atomic mass is 10.2. The van der Waals surface area contributed by atoms with E-state index in [0.29, 0.717) is 16.6 Å². The van der Waals surface area contributed by atoms with Crippen molar-refractivity contribution in [2.75, 3.05) is 16.8 Å². The zero-order valence-electron chi connectivity index (χ0n) is 10.8. The Balaban J connectivity index is 2.03. The number of halogens is 1. The van der Waals surface area contributed by atoms with Crippen LogP contribution in [0.15, 0.2) is 22.7 Å². The summed E-state index contributed by atoms with van der Waals surface area (Å²) in [5, 5.41) is 14.0. The number of anilines is 1. The molecule has 1 aromatic rings. The van der Waals surface area contributed by atoms with Crippen molar-refractivity contribution in [2.24, 2.45) is 0 Å². The van der Waals surface area contributed by atoms with Gasteiger partial charge >= 0.3 is 12.0 Å². The first-order chi connectivity index (χ1) is 9.77. The number of urea groups is 1. The van der Waals surface area contributed by atoms with E-state index in [1.54, 1.807) is 0 Å². The fraction of sp³-hybridized carbons (Fsp3) is 0.333. The quantitative estimate of drug-likeness (QED) is 0.738. The molecule has 0 saturated carbocycles. The number of hydrogen-bond donors (Lipinski definition) is 3. The third-order valence-electron chi connectivity index (χ3n) is 3.03. The van der Waals surface area contributed by atoms with Crippen molar-refractivity contribution in [3.05, 3.63) is 28.2 Å². The van der Waals surface area contributed by atoms with Crippen LogP contribution >= 0.6 is 15.9 Å². The van der Waals surface area contributed by atoms with Crippen LogP contribution in [0.2, 0.25) is 0 Å². The number of hydrogen-bond acceptors (Lipinski definition) is 4. The largest absolute Gasteiger partial charge is 0.478 e. The number of benzene rings is 1. The first kappa shape index (κ1) is 15.8. The maximum Gasteiger partial charge on any atom is 0.335 e. The molecule has 3 N–H and O–H groups in total. The summed E-state index contributed by atoms with van der Waals surface area (Å²) in [5.74, 6) is -1.11. The zero-order valence-corrected chi connectivity index (χ0v) is 13.2. The highest BCUT2D eigenvalue weighted by Crippen LogP contribution is 2.23. The lowest BCUT2D eigenvalue weighted by Crippen LogP contribution is -2.38. The Morgan fingerprint density at radius 3 is 2.62 bits per heavy atom. The van der Waals surface area contributed by atoms with Crippen molar-refractivity contribution in [3.8, 4) is 0 Å². The van der Waals surface area contributed by atoms with Gasteiger partial charge in [0.15, 0.2) is 9.84 Å². The molecule has 114 valence electrons. The lowest BCUT2D eigenvalue weighted by molar-refractivity contribution is 0.0697. The molecule has 21 heavy (non-hydrogen) atoms. The number of carboxylic acids is 1. The van der Waals surface area contributed by atoms with Crippen LogP contribution in [0.4, 0.5) is 10.5 Å². The van der Waals surface area contributed by atoms with Crippen LogP contribution in [0.25, 0.3) is 0 Å². The molecular formula is C12H13BrN2O5S. The van der Waals surface area contributed by atoms with Gasteiger partial charge in [-0.15, -0.1) is 0 Å². The molecule has 7 nitrogen and oxygen atoms in total. The maximum atomic E-state index is 11.8. The highest BCUT2D eigenvalue weighted by atomic mass is 79.9. The number of rotatable bonds is 3. The highest BCUT2D eigenvalue weighted by molar-refractivity contribution is 9.10. The van der Waals surface area contributed by atoms with Gasteiger partial charge in [-0.1, -0.05) is 0 Å². The third kappa shape index (κ3) is 4.18. The van der Waals surface area contributed by atoms with Crippen molar-refractivity contribution < 1.29 is 23.1 Å². The average Bonchev–Trinajstić information content (AvgIpc) is 2.71. The van der Waals surface area contributed by atoms with Gasteiger partial charge in [0, 0.05) is 10.5 Å². The molecule has 1 saturated heterocycles. The fourth-order valence-electron chi connectivity index (χ4n) is 2.01. The summed E-state index contributed by atoms with van der Waals surface area (Å²) in [5.41, 5.74) is 0.338. The molecule has 1 aliphatic heterocycles. The van der Waals surface area contributed by atoms with Crippen LogP contribution in [0.5, 0.6) is 0 Å². The molecule has 1 aliphatic rings. The van der Waals surface area contributed by atoms with Crippen LogP contribution in [0.1, 0.15) is 16.8 Å². The van der Waals surface area contributed by atoms with Crippen molar-refractivity contribution in [1.82, 2.24) is 5.32 Å². The Bertz CT molecular complexity index is 689. The molecule has 0 aliphatic carbocycles. The van der Waals surface area contributed by atoms with E-state index in [9.17, 15) is 18.0 Å². The van der Waals surface area contributed by atoms with Crippen LogP contribution in [-0.2, 0) is 9.84 Å². The maximum absolute atomic E-state index is 11.8. The molecule has 0 spiro atoms. The van der Waals surface area contributed by atoms with E-state index in [2.05, 4.69) is 26.6 Å². The zero-order chi connectivity index (χ0) is 15.6. The van der Waals surface area contributed by atoms with Crippen molar-refractivity contribution in [3.63, 3.8) is 0 Å². The van der Waals surface area contributed by atoms with Crippen LogP contribution in [0, 0.1) is 0 Å². The van der Waals surface area contributed by atoms with E-state index >= 15 is 0 Å². The molecule has 0 aromatic heterocycles. The van der Waals surface area contributed by atoms with Crippen LogP contribution < -0.4 is 10.6 Å². The smallest absolute Gasteiger partial charge is 0.335 e. The minimum absolute atomic E-state index is 0.0388. The normalized spacial score (nSPS) is 20.0. The van der Waals surface area contributed by atoms with Gasteiger partial charge in [0.25, 0.3) is 0 Å². The molecule has 2 rings (SSSR count). The summed E-state index contributed by atoms with van der Waals surface area (Å²) >= 11 is 3.21. The SMILES string of the molecule is O=C(Nc1cc(C(=O)O)ccc1Br)NC1CCS(=O)(=O)C1. The number of nitrogens with one attached hydrogen (secondary N) is 2. The standard InChI is InChI=1S/C12H13BrN2O5S/c13-9-2-1-7(11(16)17)5-10(9)15-12(18)14-8-3-4-21(19,20)6-8/h1-2,5,8H,3-4,6H2,(H,16,17)(H2,14,15,18). The summed E-state index contributed by atoms with van der Waals surface area (Å²) in [6.45, 7) is 0. The molecule has 9 heteroatoms. The first-order valence-electron chi connectivity index (χ1n) is 6.07. The van der Waals surface area contributed by atoms with E-state index in [1.165, 1.54) is 18.2 Å². The van der Waals surface area contributed by atoms with E-state index < -0.39 is 27.9 Å². The van der Waals surface area contributed by atoms with E-state index in [0.717, 1.165) is 0 Å². The summed E-state index contributed by atoms with van der Waals surface area (Å²) in [4.78, 5) is 22.7. The van der Waals surface area contributed by atoms with Gasteiger partial charge in [0.1, 0.15) is 0 Å². The molecule has 1 atom stereocenters. The number of aromatic carboxylic acids is 1. The number of sulfone groups is 1. The third-order valence-corrected chi connectivity index (χ3v) is 5.49. The van der Waals surface area contributed by atoms with E-state index in [-0.39, 0.29) is 17.1 Å². The monoisotopic (exact) mass is 376 g/mol. The minimum atomic E-state index is -3.07. The summed E-state index contributed by atoms with van der Waals surface area (Å²) in [6, 6.07) is 3.24. The summed E-state index contributed by atoms with van der Waals surface area (Å²) < 4.78 is 23.1. The Labute approximate surface area is 129 Å². The van der Waals surface area contributed by atoms with Crippen molar-refractivity contribution in [2.45, 2.75) is 12.5 Å². The molecule has 1 heterocycles. The molecule has 2 amide bonds. The minimum Gasteiger partial charge on any atom is -0.478 e. The van der Waals surface area contributed by atoms with Gasteiger partial charge in [0.05, 0.1) is 22.8 Å². The average molecular weight is 377 g/mol. The topological polar surface area (TPSA) is 113 Å². The Morgan fingerprint density at radius 2 is 2.05 bits per heavy atom. The summed E-state index contributed by atoms with van der Waals surface area (Å²) in [7, 11) is -3.07. The van der Waals surface area contributed by atoms with Gasteiger partial charge in [-0.25, -0.2) is 18.0 Å². The van der Waals surface area contributed by atoms with Gasteiger partial charge in [0.2, 0.25) is 0 Å². The van der Waals surface area contributed by atoms with Gasteiger partial charge in [-0.2, -0.15) is 0 Å². The molecular weight excluding hydrogens is 364 g/mol. The predicted octanol–water partition coefficient (Wildman–Crippen LogP) is 1.46. The second kappa shape index (κ2) is 6.02. The molecule has 1 fully saturated rings. The number of amides is 2. The Kier molecular flexibility index (Phi) is 4.52. The number of carboxylic acid groups (broad SMARTS) is 1. The van der Waals surface area contributed by atoms with E-state index in [4.69, 9.17) is 5.11 Å². The molecule has 1 unspecified atom stereocenters. The predicted molar refractivity (Wildman–Crippen MR) is 80.3 cm³/mol. The lowest BCUT2D eigenvalue weighted by Gasteiger charge is -2.13. The Morgan fingerprint density at radius 1 is 1.33 bits per heavy atom. The van der Waals surface area contributed by atoms with Crippen molar-refractivity contribution >= 4 is 43.5 Å². The Hall–Kier alpha value is -1.61. The molecule has 0 radical (unpaired) electrons. The number of carbonyl (C=O) groups is 2. The van der Waals surface area contributed by atoms with Crippen LogP contribution in [-0.4, -0.2) is 43.1 Å². The molecule has 0 bridgehead atoms. The molecule has 1 aromatic carbocycles. The fourth-order valence-corrected chi connectivity index (χ4v) is 4.03. The van der Waals surface area contributed by atoms with E-state index in [1.807, 2.05) is 0 Å². The first-order valence-corrected chi connectivity index (χ1v) is 8.69.